The second-order valence-electron chi connectivity index (χ2n) is 5.15. The van der Waals surface area contributed by atoms with E-state index in [4.69, 9.17) is 9.47 Å². The molecule has 0 radical (unpaired) electrons. The van der Waals surface area contributed by atoms with E-state index < -0.39 is 0 Å². The molecule has 1 saturated heterocycles. The molecular weight excluding hydrogens is 190 g/mol. The molecule has 0 aromatic heterocycles. The van der Waals surface area contributed by atoms with Gasteiger partial charge in [0.2, 0.25) is 0 Å². The van der Waals surface area contributed by atoms with Crippen LogP contribution in [0.5, 0.6) is 0 Å². The van der Waals surface area contributed by atoms with Crippen molar-refractivity contribution in [1.29, 1.82) is 0 Å². The molecule has 2 aliphatic rings. The molecule has 15 heavy (non-hydrogen) atoms. The van der Waals surface area contributed by atoms with Crippen LogP contribution in [0.2, 0.25) is 0 Å². The van der Waals surface area contributed by atoms with Crippen LogP contribution in [-0.2, 0) is 9.47 Å². The van der Waals surface area contributed by atoms with Gasteiger partial charge in [0, 0.05) is 12.6 Å². The Morgan fingerprint density at radius 3 is 2.67 bits per heavy atom. The SMILES string of the molecule is CC(C)C1CC(NCC2COCCO2)C1. The number of ether oxygens (including phenoxy) is 2. The molecule has 1 atom stereocenters. The Bertz CT molecular complexity index is 184. The van der Waals surface area contributed by atoms with E-state index in [0.29, 0.717) is 0 Å². The van der Waals surface area contributed by atoms with Crippen molar-refractivity contribution in [3.8, 4) is 0 Å². The zero-order chi connectivity index (χ0) is 10.7. The smallest absolute Gasteiger partial charge is 0.0933 e. The maximum atomic E-state index is 5.58. The van der Waals surface area contributed by atoms with E-state index in [0.717, 1.165) is 44.2 Å². The minimum Gasteiger partial charge on any atom is -0.376 e. The Kier molecular flexibility index (Phi) is 4.00. The van der Waals surface area contributed by atoms with Gasteiger partial charge < -0.3 is 14.8 Å². The van der Waals surface area contributed by atoms with E-state index in [2.05, 4.69) is 19.2 Å². The molecule has 0 aromatic rings. The Balaban J connectivity index is 1.55. The first-order valence-electron chi connectivity index (χ1n) is 6.18. The Labute approximate surface area is 92.5 Å². The third-order valence-corrected chi connectivity index (χ3v) is 3.64. The van der Waals surface area contributed by atoms with Crippen LogP contribution in [0, 0.1) is 11.8 Å². The molecule has 0 aromatic carbocycles. The van der Waals surface area contributed by atoms with E-state index in [1.165, 1.54) is 12.8 Å². The van der Waals surface area contributed by atoms with Gasteiger partial charge in [-0.15, -0.1) is 0 Å². The van der Waals surface area contributed by atoms with Crippen LogP contribution in [-0.4, -0.2) is 38.5 Å². The van der Waals surface area contributed by atoms with Gasteiger partial charge in [-0.05, 0) is 24.7 Å². The molecule has 1 heterocycles. The normalized spacial score (nSPS) is 36.6. The lowest BCUT2D eigenvalue weighted by Crippen LogP contribution is -2.47. The van der Waals surface area contributed by atoms with Crippen LogP contribution in [0.25, 0.3) is 0 Å². The summed E-state index contributed by atoms with van der Waals surface area (Å²) in [6.45, 7) is 7.86. The van der Waals surface area contributed by atoms with Crippen LogP contribution in [0.1, 0.15) is 26.7 Å². The zero-order valence-electron chi connectivity index (χ0n) is 9.87. The highest BCUT2D eigenvalue weighted by Gasteiger charge is 2.31. The predicted octanol–water partition coefficient (Wildman–Crippen LogP) is 1.43. The van der Waals surface area contributed by atoms with Crippen LogP contribution in [0.3, 0.4) is 0 Å². The second kappa shape index (κ2) is 5.28. The summed E-state index contributed by atoms with van der Waals surface area (Å²) in [6.07, 6.45) is 2.95. The molecule has 2 fully saturated rings. The molecular formula is C12H23NO2. The van der Waals surface area contributed by atoms with Crippen molar-refractivity contribution < 1.29 is 9.47 Å². The van der Waals surface area contributed by atoms with Gasteiger partial charge in [0.25, 0.3) is 0 Å². The fraction of sp³-hybridized carbons (Fsp3) is 1.00. The molecule has 1 saturated carbocycles. The number of nitrogens with one attached hydrogen (secondary N) is 1. The van der Waals surface area contributed by atoms with Gasteiger partial charge in [-0.3, -0.25) is 0 Å². The molecule has 0 bridgehead atoms. The summed E-state index contributed by atoms with van der Waals surface area (Å²) in [5.74, 6) is 1.78. The molecule has 3 nitrogen and oxygen atoms in total. The van der Waals surface area contributed by atoms with Crippen molar-refractivity contribution in [3.05, 3.63) is 0 Å². The van der Waals surface area contributed by atoms with Crippen molar-refractivity contribution >= 4 is 0 Å². The number of hydrogen-bond acceptors (Lipinski definition) is 3. The van der Waals surface area contributed by atoms with Gasteiger partial charge in [0.15, 0.2) is 0 Å². The lowest BCUT2D eigenvalue weighted by atomic mass is 9.73. The summed E-state index contributed by atoms with van der Waals surface area (Å²) < 4.78 is 10.9. The highest BCUT2D eigenvalue weighted by atomic mass is 16.6. The molecule has 2 rings (SSSR count). The first-order valence-corrected chi connectivity index (χ1v) is 6.18. The third kappa shape index (κ3) is 3.16. The molecule has 88 valence electrons. The first kappa shape index (κ1) is 11.4. The third-order valence-electron chi connectivity index (χ3n) is 3.64. The van der Waals surface area contributed by atoms with Crippen LogP contribution < -0.4 is 5.32 Å². The minimum atomic E-state index is 0.275. The fourth-order valence-corrected chi connectivity index (χ4v) is 2.33. The number of rotatable bonds is 4. The topological polar surface area (TPSA) is 30.5 Å². The van der Waals surface area contributed by atoms with Gasteiger partial charge in [-0.2, -0.15) is 0 Å². The fourth-order valence-electron chi connectivity index (χ4n) is 2.33. The van der Waals surface area contributed by atoms with Gasteiger partial charge in [0.05, 0.1) is 25.9 Å². The molecule has 0 spiro atoms. The maximum Gasteiger partial charge on any atom is 0.0933 e. The number of hydrogen-bond donors (Lipinski definition) is 1. The van der Waals surface area contributed by atoms with Crippen molar-refractivity contribution in [3.63, 3.8) is 0 Å². The lowest BCUT2D eigenvalue weighted by Gasteiger charge is -2.39. The van der Waals surface area contributed by atoms with E-state index in [9.17, 15) is 0 Å². The monoisotopic (exact) mass is 213 g/mol. The van der Waals surface area contributed by atoms with Gasteiger partial charge >= 0.3 is 0 Å². The van der Waals surface area contributed by atoms with E-state index in [1.807, 2.05) is 0 Å². The quantitative estimate of drug-likeness (QED) is 0.766. The molecule has 1 N–H and O–H groups in total. The average Bonchev–Trinajstić information content (AvgIpc) is 2.16. The van der Waals surface area contributed by atoms with Crippen LogP contribution in [0.15, 0.2) is 0 Å². The Hall–Kier alpha value is -0.120. The highest BCUT2D eigenvalue weighted by Crippen LogP contribution is 2.33. The molecule has 3 heteroatoms. The molecule has 1 aliphatic carbocycles. The molecule has 0 amide bonds. The lowest BCUT2D eigenvalue weighted by molar-refractivity contribution is -0.0882. The van der Waals surface area contributed by atoms with E-state index in [1.54, 1.807) is 0 Å². The van der Waals surface area contributed by atoms with E-state index in [-0.39, 0.29) is 6.10 Å². The van der Waals surface area contributed by atoms with Crippen molar-refractivity contribution in [2.45, 2.75) is 38.8 Å². The van der Waals surface area contributed by atoms with Gasteiger partial charge in [-0.1, -0.05) is 13.8 Å². The second-order valence-corrected chi connectivity index (χ2v) is 5.15. The van der Waals surface area contributed by atoms with Gasteiger partial charge in [0.1, 0.15) is 0 Å². The Morgan fingerprint density at radius 2 is 2.07 bits per heavy atom. The van der Waals surface area contributed by atoms with Crippen molar-refractivity contribution in [2.75, 3.05) is 26.4 Å². The predicted molar refractivity (Wildman–Crippen MR) is 59.9 cm³/mol. The summed E-state index contributed by atoms with van der Waals surface area (Å²) >= 11 is 0. The molecule has 1 unspecified atom stereocenters. The van der Waals surface area contributed by atoms with Crippen molar-refractivity contribution in [1.82, 2.24) is 5.32 Å². The summed E-state index contributed by atoms with van der Waals surface area (Å²) in [7, 11) is 0. The van der Waals surface area contributed by atoms with Gasteiger partial charge in [-0.25, -0.2) is 0 Å². The zero-order valence-corrected chi connectivity index (χ0v) is 9.87. The molecule has 1 aliphatic heterocycles. The first-order chi connectivity index (χ1) is 7.25. The maximum absolute atomic E-state index is 5.58. The summed E-state index contributed by atoms with van der Waals surface area (Å²) in [4.78, 5) is 0. The largest absolute Gasteiger partial charge is 0.376 e. The van der Waals surface area contributed by atoms with E-state index >= 15 is 0 Å². The average molecular weight is 213 g/mol. The highest BCUT2D eigenvalue weighted by molar-refractivity contribution is 4.87. The minimum absolute atomic E-state index is 0.275. The van der Waals surface area contributed by atoms with Crippen molar-refractivity contribution in [2.24, 2.45) is 11.8 Å². The summed E-state index contributed by atoms with van der Waals surface area (Å²) in [5, 5.41) is 3.57. The van der Waals surface area contributed by atoms with Crippen LogP contribution >= 0.6 is 0 Å². The van der Waals surface area contributed by atoms with Crippen LogP contribution in [0.4, 0.5) is 0 Å². The summed E-state index contributed by atoms with van der Waals surface area (Å²) in [5.41, 5.74) is 0. The summed E-state index contributed by atoms with van der Waals surface area (Å²) in [6, 6.07) is 0.725. The Morgan fingerprint density at radius 1 is 1.27 bits per heavy atom. The standard InChI is InChI=1S/C12H23NO2/c1-9(2)10-5-11(6-10)13-7-12-8-14-3-4-15-12/h9-13H,3-8H2,1-2H3.